The average molecular weight is 283 g/mol. The van der Waals surface area contributed by atoms with Crippen molar-refractivity contribution in [2.75, 3.05) is 5.32 Å². The Balaban J connectivity index is 2.08. The van der Waals surface area contributed by atoms with Gasteiger partial charge in [-0.15, -0.1) is 0 Å². The Morgan fingerprint density at radius 2 is 1.62 bits per heavy atom. The summed E-state index contributed by atoms with van der Waals surface area (Å²) >= 11 is 0. The first kappa shape index (κ1) is 15.1. The van der Waals surface area contributed by atoms with E-state index in [2.05, 4.69) is 5.32 Å². The molecule has 2 aromatic rings. The molecule has 21 heavy (non-hydrogen) atoms. The van der Waals surface area contributed by atoms with Gasteiger partial charge in [0, 0.05) is 5.41 Å². The van der Waals surface area contributed by atoms with Crippen molar-refractivity contribution in [2.24, 2.45) is 5.41 Å². The Labute approximate surface area is 126 Å². The fraction of sp³-hybridized carbons (Fsp3) is 0.278. The van der Waals surface area contributed by atoms with Crippen LogP contribution in [0.1, 0.15) is 26.3 Å². The normalized spacial score (nSPS) is 11.0. The highest BCUT2D eigenvalue weighted by Crippen LogP contribution is 2.27. The number of carbonyl (C=O) groups is 1. The van der Waals surface area contributed by atoms with Crippen molar-refractivity contribution in [1.29, 1.82) is 0 Å². The maximum atomic E-state index is 12.1. The smallest absolute Gasteiger partial charge is 0.229 e. The van der Waals surface area contributed by atoms with Gasteiger partial charge in [-0.25, -0.2) is 0 Å². The van der Waals surface area contributed by atoms with E-state index in [1.54, 1.807) is 0 Å². The average Bonchev–Trinajstić information content (AvgIpc) is 2.46. The third-order valence-corrected chi connectivity index (χ3v) is 3.05. The predicted octanol–water partition coefficient (Wildman–Crippen LogP) is 4.25. The van der Waals surface area contributed by atoms with Gasteiger partial charge in [-0.05, 0) is 17.7 Å². The summed E-state index contributed by atoms with van der Waals surface area (Å²) in [6.45, 7) is 6.13. The highest BCUT2D eigenvalue weighted by atomic mass is 16.5. The van der Waals surface area contributed by atoms with Crippen LogP contribution in [0.4, 0.5) is 5.69 Å². The van der Waals surface area contributed by atoms with E-state index >= 15 is 0 Å². The molecule has 0 atom stereocenters. The number of carbonyl (C=O) groups excluding carboxylic acids is 1. The molecule has 1 N–H and O–H groups in total. The summed E-state index contributed by atoms with van der Waals surface area (Å²) in [4.78, 5) is 12.1. The molecule has 3 heteroatoms. The SMILES string of the molecule is CC(C)(C)C(=O)Nc1ccccc1OCc1ccccc1. The van der Waals surface area contributed by atoms with E-state index in [0.717, 1.165) is 5.56 Å². The molecule has 0 aliphatic carbocycles. The number of benzene rings is 2. The molecule has 0 heterocycles. The molecule has 0 fully saturated rings. The molecule has 0 spiro atoms. The molecule has 0 aliphatic heterocycles. The summed E-state index contributed by atoms with van der Waals surface area (Å²) in [5.74, 6) is 0.650. The highest BCUT2D eigenvalue weighted by molar-refractivity contribution is 5.95. The van der Waals surface area contributed by atoms with E-state index in [-0.39, 0.29) is 5.91 Å². The first-order valence-electron chi connectivity index (χ1n) is 7.04. The van der Waals surface area contributed by atoms with Gasteiger partial charge < -0.3 is 10.1 Å². The van der Waals surface area contributed by atoms with Gasteiger partial charge in [-0.2, -0.15) is 0 Å². The minimum atomic E-state index is -0.438. The molecule has 0 aromatic heterocycles. The lowest BCUT2D eigenvalue weighted by atomic mass is 9.95. The Kier molecular flexibility index (Phi) is 4.63. The number of hydrogen-bond acceptors (Lipinski definition) is 2. The second-order valence-corrected chi connectivity index (χ2v) is 5.97. The Bertz CT molecular complexity index is 600. The van der Waals surface area contributed by atoms with Gasteiger partial charge >= 0.3 is 0 Å². The van der Waals surface area contributed by atoms with Crippen LogP contribution < -0.4 is 10.1 Å². The maximum absolute atomic E-state index is 12.1. The van der Waals surface area contributed by atoms with Crippen LogP contribution in [0.3, 0.4) is 0 Å². The fourth-order valence-corrected chi connectivity index (χ4v) is 1.74. The second-order valence-electron chi connectivity index (χ2n) is 5.97. The molecule has 0 bridgehead atoms. The van der Waals surface area contributed by atoms with Crippen molar-refractivity contribution < 1.29 is 9.53 Å². The number of amides is 1. The molecular weight excluding hydrogens is 262 g/mol. The summed E-state index contributed by atoms with van der Waals surface area (Å²) < 4.78 is 5.82. The van der Waals surface area contributed by atoms with Crippen LogP contribution >= 0.6 is 0 Å². The second kappa shape index (κ2) is 6.44. The monoisotopic (exact) mass is 283 g/mol. The number of ether oxygens (including phenoxy) is 1. The number of hydrogen-bond donors (Lipinski definition) is 1. The van der Waals surface area contributed by atoms with Gasteiger partial charge in [-0.3, -0.25) is 4.79 Å². The van der Waals surface area contributed by atoms with Crippen molar-refractivity contribution >= 4 is 11.6 Å². The molecular formula is C18H21NO2. The molecule has 3 nitrogen and oxygen atoms in total. The van der Waals surface area contributed by atoms with Crippen LogP contribution in [-0.2, 0) is 11.4 Å². The zero-order valence-electron chi connectivity index (χ0n) is 12.7. The van der Waals surface area contributed by atoms with Gasteiger partial charge in [0.2, 0.25) is 5.91 Å². The summed E-state index contributed by atoms with van der Waals surface area (Å²) in [6, 6.07) is 17.4. The van der Waals surface area contributed by atoms with Crippen LogP contribution in [0, 0.1) is 5.41 Å². The first-order valence-corrected chi connectivity index (χ1v) is 7.04. The minimum absolute atomic E-state index is 0.0294. The third-order valence-electron chi connectivity index (χ3n) is 3.05. The Hall–Kier alpha value is -2.29. The zero-order valence-corrected chi connectivity index (χ0v) is 12.7. The zero-order chi connectivity index (χ0) is 15.3. The molecule has 0 saturated heterocycles. The van der Waals surface area contributed by atoms with Gasteiger partial charge in [0.25, 0.3) is 0 Å². The number of para-hydroxylation sites is 2. The molecule has 1 amide bonds. The fourth-order valence-electron chi connectivity index (χ4n) is 1.74. The number of rotatable bonds is 4. The lowest BCUT2D eigenvalue weighted by Crippen LogP contribution is -2.27. The van der Waals surface area contributed by atoms with Gasteiger partial charge in [-0.1, -0.05) is 63.2 Å². The molecule has 0 aliphatic rings. The van der Waals surface area contributed by atoms with E-state index in [0.29, 0.717) is 18.0 Å². The molecule has 2 rings (SSSR count). The highest BCUT2D eigenvalue weighted by Gasteiger charge is 2.22. The molecule has 0 saturated carbocycles. The summed E-state index contributed by atoms with van der Waals surface area (Å²) in [7, 11) is 0. The summed E-state index contributed by atoms with van der Waals surface area (Å²) in [5, 5.41) is 2.92. The van der Waals surface area contributed by atoms with Gasteiger partial charge in [0.15, 0.2) is 0 Å². The Morgan fingerprint density at radius 3 is 2.29 bits per heavy atom. The van der Waals surface area contributed by atoms with Crippen LogP contribution in [-0.4, -0.2) is 5.91 Å². The molecule has 0 radical (unpaired) electrons. The number of nitrogens with one attached hydrogen (secondary N) is 1. The van der Waals surface area contributed by atoms with E-state index in [4.69, 9.17) is 4.74 Å². The van der Waals surface area contributed by atoms with Crippen molar-refractivity contribution in [2.45, 2.75) is 27.4 Å². The van der Waals surface area contributed by atoms with Crippen LogP contribution in [0.15, 0.2) is 54.6 Å². The van der Waals surface area contributed by atoms with E-state index < -0.39 is 5.41 Å². The Morgan fingerprint density at radius 1 is 1.00 bits per heavy atom. The van der Waals surface area contributed by atoms with E-state index in [1.165, 1.54) is 0 Å². The quantitative estimate of drug-likeness (QED) is 0.911. The summed E-state index contributed by atoms with van der Waals surface area (Å²) in [5.41, 5.74) is 1.36. The minimum Gasteiger partial charge on any atom is -0.487 e. The lowest BCUT2D eigenvalue weighted by Gasteiger charge is -2.19. The van der Waals surface area contributed by atoms with Crippen LogP contribution in [0.25, 0.3) is 0 Å². The van der Waals surface area contributed by atoms with Gasteiger partial charge in [0.05, 0.1) is 5.69 Å². The van der Waals surface area contributed by atoms with Crippen molar-refractivity contribution in [3.05, 3.63) is 60.2 Å². The lowest BCUT2D eigenvalue weighted by molar-refractivity contribution is -0.123. The van der Waals surface area contributed by atoms with Crippen LogP contribution in [0.2, 0.25) is 0 Å². The van der Waals surface area contributed by atoms with Crippen molar-refractivity contribution in [1.82, 2.24) is 0 Å². The molecule has 2 aromatic carbocycles. The topological polar surface area (TPSA) is 38.3 Å². The van der Waals surface area contributed by atoms with Crippen molar-refractivity contribution in [3.8, 4) is 5.75 Å². The standard InChI is InChI=1S/C18H21NO2/c1-18(2,3)17(20)19-15-11-7-8-12-16(15)21-13-14-9-5-4-6-10-14/h4-12H,13H2,1-3H3,(H,19,20). The largest absolute Gasteiger partial charge is 0.487 e. The van der Waals surface area contributed by atoms with Crippen LogP contribution in [0.5, 0.6) is 5.75 Å². The van der Waals surface area contributed by atoms with E-state index in [1.807, 2.05) is 75.4 Å². The van der Waals surface area contributed by atoms with E-state index in [9.17, 15) is 4.79 Å². The van der Waals surface area contributed by atoms with Gasteiger partial charge in [0.1, 0.15) is 12.4 Å². The predicted molar refractivity (Wildman–Crippen MR) is 85.3 cm³/mol. The summed E-state index contributed by atoms with van der Waals surface area (Å²) in [6.07, 6.45) is 0. The molecule has 110 valence electrons. The van der Waals surface area contributed by atoms with Crippen molar-refractivity contribution in [3.63, 3.8) is 0 Å². The number of anilines is 1. The third kappa shape index (κ3) is 4.35. The first-order chi connectivity index (χ1) is 9.97. The maximum Gasteiger partial charge on any atom is 0.229 e. The molecule has 0 unspecified atom stereocenters.